The van der Waals surface area contributed by atoms with Crippen molar-refractivity contribution in [3.63, 3.8) is 0 Å². The Balaban J connectivity index is 1.40. The van der Waals surface area contributed by atoms with Crippen molar-refractivity contribution in [2.75, 3.05) is 26.4 Å². The van der Waals surface area contributed by atoms with E-state index in [1.54, 1.807) is 0 Å². The van der Waals surface area contributed by atoms with Crippen LogP contribution in [0.25, 0.3) is 0 Å². The topological polar surface area (TPSA) is 69.7 Å². The predicted molar refractivity (Wildman–Crippen MR) is 160 cm³/mol. The average Bonchev–Trinajstić information content (AvgIpc) is 3.11. The Bertz CT molecular complexity index is 1120. The monoisotopic (exact) mass is 559 g/mol. The minimum Gasteiger partial charge on any atom is -0.352 e. The van der Waals surface area contributed by atoms with Gasteiger partial charge < -0.3 is 10.2 Å². The number of hydrogen-bond donors (Lipinski definition) is 1. The number of amides is 1. The molecular weight excluding hydrogens is 506 g/mol. The molecule has 4 fully saturated rings. The lowest BCUT2D eigenvalue weighted by molar-refractivity contribution is -0.136. The first kappa shape index (κ1) is 30.5. The molecule has 2 bridgehead atoms. The highest BCUT2D eigenvalue weighted by molar-refractivity contribution is 7.89. The average molecular weight is 560 g/mol. The number of fused-ring (bicyclic) bond motifs is 2. The summed E-state index contributed by atoms with van der Waals surface area (Å²) in [6.45, 7) is 15.2. The van der Waals surface area contributed by atoms with E-state index in [0.29, 0.717) is 35.5 Å². The minimum absolute atomic E-state index is 0.0439. The molecule has 220 valence electrons. The van der Waals surface area contributed by atoms with E-state index < -0.39 is 16.1 Å². The highest BCUT2D eigenvalue weighted by Crippen LogP contribution is 2.61. The molecular formula is C32H53N3O3S. The Labute approximate surface area is 238 Å². The Morgan fingerprint density at radius 3 is 2.49 bits per heavy atom. The molecule has 1 aromatic rings. The molecule has 1 heterocycles. The zero-order valence-electron chi connectivity index (χ0n) is 25.7. The van der Waals surface area contributed by atoms with Crippen molar-refractivity contribution in [2.45, 2.75) is 98.7 Å². The Morgan fingerprint density at radius 2 is 1.87 bits per heavy atom. The quantitative estimate of drug-likeness (QED) is 0.421. The van der Waals surface area contributed by atoms with Crippen LogP contribution in [-0.2, 0) is 27.8 Å². The molecule has 0 aromatic heterocycles. The van der Waals surface area contributed by atoms with Gasteiger partial charge in [-0.25, -0.2) is 8.42 Å². The first-order valence-corrected chi connectivity index (χ1v) is 16.7. The van der Waals surface area contributed by atoms with Crippen LogP contribution in [-0.4, -0.2) is 62.0 Å². The lowest BCUT2D eigenvalue weighted by Crippen LogP contribution is -2.61. The van der Waals surface area contributed by atoms with E-state index in [0.717, 1.165) is 31.4 Å². The van der Waals surface area contributed by atoms with Crippen LogP contribution in [0.15, 0.2) is 24.3 Å². The molecule has 1 aromatic carbocycles. The summed E-state index contributed by atoms with van der Waals surface area (Å²) in [4.78, 5) is 15.7. The number of nitrogens with one attached hydrogen (secondary N) is 1. The second-order valence-corrected chi connectivity index (χ2v) is 17.0. The van der Waals surface area contributed by atoms with Crippen LogP contribution >= 0.6 is 0 Å². The third-order valence-electron chi connectivity index (χ3n) is 10.0. The molecule has 1 amide bonds. The second-order valence-electron chi connectivity index (χ2n) is 15.0. The van der Waals surface area contributed by atoms with E-state index in [9.17, 15) is 13.2 Å². The number of benzene rings is 1. The van der Waals surface area contributed by atoms with Crippen molar-refractivity contribution < 1.29 is 13.2 Å². The first-order valence-electron chi connectivity index (χ1n) is 15.1. The molecule has 4 aliphatic rings. The Morgan fingerprint density at radius 1 is 1.18 bits per heavy atom. The van der Waals surface area contributed by atoms with Gasteiger partial charge in [0.25, 0.3) is 0 Å². The second kappa shape index (κ2) is 11.4. The van der Waals surface area contributed by atoms with Gasteiger partial charge in [-0.05, 0) is 98.2 Å². The summed E-state index contributed by atoms with van der Waals surface area (Å²) in [7, 11) is 0.814. The summed E-state index contributed by atoms with van der Waals surface area (Å²) in [6.07, 6.45) is 5.87. The van der Waals surface area contributed by atoms with Crippen molar-refractivity contribution in [3.05, 3.63) is 35.4 Å². The van der Waals surface area contributed by atoms with Crippen molar-refractivity contribution in [2.24, 2.45) is 34.5 Å². The van der Waals surface area contributed by atoms with Crippen LogP contribution in [0.5, 0.6) is 0 Å². The lowest BCUT2D eigenvalue weighted by Gasteiger charge is -2.62. The highest BCUT2D eigenvalue weighted by Gasteiger charge is 2.56. The standard InChI is InChI=1S/C32H53N3O3S/c1-22-27-17-26(32(27,5)6)18-28(22)33-30(36)29-14-15-39(37,38)35(29)21-24-11-9-10-23(16-24)12-13-25(20-34(7)8)19-31(2,3)4/h9-11,16,22,25-29H,12-15,17-21H2,1-8H3,(H,33,36)/t22-,25-,26+,27-,28-,29?/m0/s1. The minimum atomic E-state index is -3.46. The van der Waals surface area contributed by atoms with Crippen LogP contribution < -0.4 is 5.32 Å². The van der Waals surface area contributed by atoms with Crippen LogP contribution in [0, 0.1) is 34.5 Å². The van der Waals surface area contributed by atoms with Crippen molar-refractivity contribution in [3.8, 4) is 0 Å². The molecule has 0 spiro atoms. The van der Waals surface area contributed by atoms with Gasteiger partial charge in [-0.2, -0.15) is 4.31 Å². The summed E-state index contributed by atoms with van der Waals surface area (Å²) in [5, 5.41) is 3.29. The largest absolute Gasteiger partial charge is 0.352 e. The molecule has 5 rings (SSSR count). The summed E-state index contributed by atoms with van der Waals surface area (Å²) < 4.78 is 27.6. The number of aryl methyl sites for hydroxylation is 1. The smallest absolute Gasteiger partial charge is 0.238 e. The fourth-order valence-electron chi connectivity index (χ4n) is 7.88. The van der Waals surface area contributed by atoms with Crippen molar-refractivity contribution in [1.82, 2.24) is 14.5 Å². The molecule has 7 heteroatoms. The number of carbonyl (C=O) groups is 1. The lowest BCUT2D eigenvalue weighted by atomic mass is 9.45. The van der Waals surface area contributed by atoms with Crippen LogP contribution in [0.1, 0.15) is 84.8 Å². The van der Waals surface area contributed by atoms with Gasteiger partial charge in [-0.3, -0.25) is 4.79 Å². The third kappa shape index (κ3) is 7.08. The van der Waals surface area contributed by atoms with Gasteiger partial charge in [0, 0.05) is 19.1 Å². The van der Waals surface area contributed by atoms with E-state index in [2.05, 4.69) is 78.0 Å². The predicted octanol–water partition coefficient (Wildman–Crippen LogP) is 5.32. The number of carbonyl (C=O) groups excluding carboxylic acids is 1. The molecule has 3 aliphatic carbocycles. The summed E-state index contributed by atoms with van der Waals surface area (Å²) in [5.41, 5.74) is 2.84. The van der Waals surface area contributed by atoms with Crippen LogP contribution in [0.4, 0.5) is 0 Å². The number of hydrogen-bond acceptors (Lipinski definition) is 4. The van der Waals surface area contributed by atoms with Gasteiger partial charge >= 0.3 is 0 Å². The maximum absolute atomic E-state index is 13.5. The molecule has 1 saturated heterocycles. The molecule has 0 radical (unpaired) electrons. The molecule has 1 unspecified atom stereocenters. The summed E-state index contributed by atoms with van der Waals surface area (Å²) in [5.74, 6) is 2.24. The zero-order valence-corrected chi connectivity index (χ0v) is 26.5. The van der Waals surface area contributed by atoms with Crippen molar-refractivity contribution >= 4 is 15.9 Å². The molecule has 39 heavy (non-hydrogen) atoms. The summed E-state index contributed by atoms with van der Waals surface area (Å²) in [6, 6.07) is 7.85. The van der Waals surface area contributed by atoms with E-state index in [1.807, 2.05) is 12.1 Å². The summed E-state index contributed by atoms with van der Waals surface area (Å²) >= 11 is 0. The molecule has 6 atom stereocenters. The molecule has 1 aliphatic heterocycles. The SMILES string of the molecule is C[C@@H]1[C@@H](NC(=O)C2CCS(=O)(=O)N2Cc2cccc(CC[C@H](CN(C)C)CC(C)(C)C)c2)C[C@H]2C[C@@H]1C2(C)C. The zero-order chi connectivity index (χ0) is 28.8. The molecule has 3 saturated carbocycles. The Hall–Kier alpha value is -1.44. The first-order chi connectivity index (χ1) is 18.1. The maximum atomic E-state index is 13.5. The Kier molecular flexibility index (Phi) is 8.95. The van der Waals surface area contributed by atoms with E-state index in [4.69, 9.17) is 0 Å². The van der Waals surface area contributed by atoms with E-state index >= 15 is 0 Å². The van der Waals surface area contributed by atoms with E-state index in [-0.39, 0.29) is 29.7 Å². The number of sulfonamides is 1. The highest BCUT2D eigenvalue weighted by atomic mass is 32.2. The van der Waals surface area contributed by atoms with Gasteiger partial charge in [-0.15, -0.1) is 0 Å². The third-order valence-corrected chi connectivity index (χ3v) is 11.9. The molecule has 1 N–H and O–H groups in total. The van der Waals surface area contributed by atoms with Gasteiger partial charge in [0.15, 0.2) is 0 Å². The van der Waals surface area contributed by atoms with Crippen molar-refractivity contribution in [1.29, 1.82) is 0 Å². The van der Waals surface area contributed by atoms with Gasteiger partial charge in [0.2, 0.25) is 15.9 Å². The fraction of sp³-hybridized carbons (Fsp3) is 0.781. The van der Waals surface area contributed by atoms with Gasteiger partial charge in [0.05, 0.1) is 5.75 Å². The maximum Gasteiger partial charge on any atom is 0.238 e. The normalized spacial score (nSPS) is 30.6. The van der Waals surface area contributed by atoms with E-state index in [1.165, 1.54) is 22.7 Å². The molecule has 6 nitrogen and oxygen atoms in total. The fourth-order valence-corrected chi connectivity index (χ4v) is 9.57. The van der Waals surface area contributed by atoms with Crippen LogP contribution in [0.2, 0.25) is 0 Å². The van der Waals surface area contributed by atoms with Crippen LogP contribution in [0.3, 0.4) is 0 Å². The van der Waals surface area contributed by atoms with Gasteiger partial charge in [0.1, 0.15) is 6.04 Å². The number of rotatable bonds is 10. The number of nitrogens with zero attached hydrogens (tertiary/aromatic N) is 2. The van der Waals surface area contributed by atoms with Gasteiger partial charge in [-0.1, -0.05) is 65.8 Å².